The predicted molar refractivity (Wildman–Crippen MR) is 59.3 cm³/mol. The molecule has 0 aliphatic carbocycles. The van der Waals surface area contributed by atoms with Gasteiger partial charge in [0.15, 0.2) is 11.6 Å². The minimum atomic E-state index is -0.994. The van der Waals surface area contributed by atoms with Gasteiger partial charge in [-0.05, 0) is 18.2 Å². The number of nitrogens with zero attached hydrogens (tertiary/aromatic N) is 2. The highest BCUT2D eigenvalue weighted by atomic mass is 35.5. The molecule has 0 aliphatic heterocycles. The summed E-state index contributed by atoms with van der Waals surface area (Å²) in [7, 11) is 0. The lowest BCUT2D eigenvalue weighted by molar-refractivity contribution is 0.511. The first-order valence-corrected chi connectivity index (χ1v) is 5.01. The second kappa shape index (κ2) is 4.48. The summed E-state index contributed by atoms with van der Waals surface area (Å²) in [6.07, 6.45) is 1.24. The number of halogens is 3. The molecule has 2 rings (SSSR count). The van der Waals surface area contributed by atoms with Gasteiger partial charge in [-0.15, -0.1) is 0 Å². The van der Waals surface area contributed by atoms with Crippen LogP contribution in [0.5, 0.6) is 0 Å². The SMILES string of the molecule is N#Cc1cc(-c2cccc(F)c2F)ncc1Cl. The van der Waals surface area contributed by atoms with E-state index < -0.39 is 11.6 Å². The number of rotatable bonds is 1. The maximum absolute atomic E-state index is 13.5. The van der Waals surface area contributed by atoms with Crippen LogP contribution in [0.25, 0.3) is 11.3 Å². The maximum Gasteiger partial charge on any atom is 0.168 e. The monoisotopic (exact) mass is 250 g/mol. The molecule has 2 aromatic rings. The minimum Gasteiger partial charge on any atom is -0.255 e. The van der Waals surface area contributed by atoms with Crippen molar-refractivity contribution < 1.29 is 8.78 Å². The number of hydrogen-bond donors (Lipinski definition) is 0. The number of aromatic nitrogens is 1. The Morgan fingerprint density at radius 2 is 2.06 bits per heavy atom. The molecule has 0 radical (unpaired) electrons. The van der Waals surface area contributed by atoms with Crippen molar-refractivity contribution in [3.05, 3.63) is 52.7 Å². The van der Waals surface area contributed by atoms with Crippen molar-refractivity contribution in [2.45, 2.75) is 0 Å². The first-order chi connectivity index (χ1) is 8.13. The molecule has 0 fully saturated rings. The molecule has 0 spiro atoms. The fourth-order valence-corrected chi connectivity index (χ4v) is 1.52. The Bertz CT molecular complexity index is 620. The summed E-state index contributed by atoms with van der Waals surface area (Å²) in [6, 6.07) is 6.94. The molecular weight excluding hydrogens is 246 g/mol. The molecule has 0 amide bonds. The van der Waals surface area contributed by atoms with E-state index in [-0.39, 0.29) is 21.8 Å². The van der Waals surface area contributed by atoms with Crippen LogP contribution in [0.3, 0.4) is 0 Å². The van der Waals surface area contributed by atoms with Gasteiger partial charge in [-0.2, -0.15) is 5.26 Å². The zero-order valence-corrected chi connectivity index (χ0v) is 9.17. The summed E-state index contributed by atoms with van der Waals surface area (Å²) in [4.78, 5) is 3.87. The summed E-state index contributed by atoms with van der Waals surface area (Å²) in [5.41, 5.74) is 0.335. The van der Waals surface area contributed by atoms with E-state index in [1.807, 2.05) is 6.07 Å². The third-order valence-electron chi connectivity index (χ3n) is 2.20. The Balaban J connectivity index is 2.62. The van der Waals surface area contributed by atoms with Crippen LogP contribution < -0.4 is 0 Å². The average molecular weight is 251 g/mol. The second-order valence-corrected chi connectivity index (χ2v) is 3.67. The largest absolute Gasteiger partial charge is 0.255 e. The van der Waals surface area contributed by atoms with E-state index in [0.29, 0.717) is 0 Å². The molecule has 17 heavy (non-hydrogen) atoms. The molecule has 1 aromatic carbocycles. The molecule has 0 atom stereocenters. The lowest BCUT2D eigenvalue weighted by Gasteiger charge is -2.04. The summed E-state index contributed by atoms with van der Waals surface area (Å²) < 4.78 is 26.5. The molecule has 5 heteroatoms. The molecule has 0 saturated carbocycles. The zero-order valence-electron chi connectivity index (χ0n) is 8.42. The van der Waals surface area contributed by atoms with Crippen molar-refractivity contribution >= 4 is 11.6 Å². The smallest absolute Gasteiger partial charge is 0.168 e. The predicted octanol–water partition coefficient (Wildman–Crippen LogP) is 3.55. The van der Waals surface area contributed by atoms with E-state index in [4.69, 9.17) is 16.9 Å². The van der Waals surface area contributed by atoms with Gasteiger partial charge in [0.05, 0.1) is 16.3 Å². The first-order valence-electron chi connectivity index (χ1n) is 4.63. The van der Waals surface area contributed by atoms with Crippen LogP contribution in [0, 0.1) is 23.0 Å². The van der Waals surface area contributed by atoms with Crippen molar-refractivity contribution in [3.8, 4) is 17.3 Å². The molecule has 1 heterocycles. The molecule has 84 valence electrons. The zero-order chi connectivity index (χ0) is 12.4. The van der Waals surface area contributed by atoms with Crippen LogP contribution in [0.15, 0.2) is 30.5 Å². The fraction of sp³-hybridized carbons (Fsp3) is 0. The van der Waals surface area contributed by atoms with Gasteiger partial charge < -0.3 is 0 Å². The van der Waals surface area contributed by atoms with Gasteiger partial charge in [0.2, 0.25) is 0 Å². The van der Waals surface area contributed by atoms with Gasteiger partial charge in [-0.25, -0.2) is 8.78 Å². The standard InChI is InChI=1S/C12H5ClF2N2/c13-9-6-17-11(4-7(9)5-16)8-2-1-3-10(14)12(8)15/h1-4,6H. The lowest BCUT2D eigenvalue weighted by Crippen LogP contribution is -1.92. The lowest BCUT2D eigenvalue weighted by atomic mass is 10.1. The van der Waals surface area contributed by atoms with Crippen molar-refractivity contribution in [2.24, 2.45) is 0 Å². The van der Waals surface area contributed by atoms with Crippen LogP contribution >= 0.6 is 11.6 Å². The first kappa shape index (κ1) is 11.5. The van der Waals surface area contributed by atoms with Gasteiger partial charge in [0.25, 0.3) is 0 Å². The van der Waals surface area contributed by atoms with E-state index in [0.717, 1.165) is 6.07 Å². The van der Waals surface area contributed by atoms with Crippen LogP contribution in [0.2, 0.25) is 5.02 Å². The third-order valence-corrected chi connectivity index (χ3v) is 2.50. The van der Waals surface area contributed by atoms with Crippen LogP contribution in [-0.2, 0) is 0 Å². The number of nitriles is 1. The molecule has 0 unspecified atom stereocenters. The number of hydrogen-bond acceptors (Lipinski definition) is 2. The quantitative estimate of drug-likeness (QED) is 0.776. The van der Waals surface area contributed by atoms with Crippen LogP contribution in [0.1, 0.15) is 5.56 Å². The molecule has 0 N–H and O–H groups in total. The minimum absolute atomic E-state index is 0.00170. The van der Waals surface area contributed by atoms with Gasteiger partial charge >= 0.3 is 0 Å². The van der Waals surface area contributed by atoms with E-state index in [1.165, 1.54) is 24.4 Å². The third kappa shape index (κ3) is 2.10. The maximum atomic E-state index is 13.5. The Morgan fingerprint density at radius 3 is 2.76 bits per heavy atom. The second-order valence-electron chi connectivity index (χ2n) is 3.26. The van der Waals surface area contributed by atoms with Crippen LogP contribution in [-0.4, -0.2) is 4.98 Å². The molecular formula is C12H5ClF2N2. The van der Waals surface area contributed by atoms with Crippen molar-refractivity contribution in [1.29, 1.82) is 5.26 Å². The Labute approximate surface area is 101 Å². The van der Waals surface area contributed by atoms with E-state index >= 15 is 0 Å². The van der Waals surface area contributed by atoms with Crippen molar-refractivity contribution in [2.75, 3.05) is 0 Å². The van der Waals surface area contributed by atoms with Crippen molar-refractivity contribution in [1.82, 2.24) is 4.98 Å². The Hall–Kier alpha value is -1.99. The van der Waals surface area contributed by atoms with E-state index in [1.54, 1.807) is 0 Å². The molecule has 1 aromatic heterocycles. The van der Waals surface area contributed by atoms with Crippen molar-refractivity contribution in [3.63, 3.8) is 0 Å². The van der Waals surface area contributed by atoms with E-state index in [2.05, 4.69) is 4.98 Å². The van der Waals surface area contributed by atoms with Gasteiger partial charge in [0, 0.05) is 11.8 Å². The van der Waals surface area contributed by atoms with Gasteiger partial charge in [0.1, 0.15) is 6.07 Å². The molecule has 0 saturated heterocycles. The van der Waals surface area contributed by atoms with E-state index in [9.17, 15) is 8.78 Å². The summed E-state index contributed by atoms with van der Waals surface area (Å²) in [6.45, 7) is 0. The topological polar surface area (TPSA) is 36.7 Å². The highest BCUT2D eigenvalue weighted by molar-refractivity contribution is 6.31. The molecule has 0 aliphatic rings. The highest BCUT2D eigenvalue weighted by Gasteiger charge is 2.12. The average Bonchev–Trinajstić information content (AvgIpc) is 2.34. The summed E-state index contributed by atoms with van der Waals surface area (Å²) >= 11 is 5.70. The van der Waals surface area contributed by atoms with Crippen LogP contribution in [0.4, 0.5) is 8.78 Å². The Kier molecular flexibility index (Phi) is 3.03. The molecule has 0 bridgehead atoms. The Morgan fingerprint density at radius 1 is 1.29 bits per heavy atom. The number of benzene rings is 1. The number of pyridine rings is 1. The highest BCUT2D eigenvalue weighted by Crippen LogP contribution is 2.25. The van der Waals surface area contributed by atoms with Gasteiger partial charge in [-0.1, -0.05) is 17.7 Å². The summed E-state index contributed by atoms with van der Waals surface area (Å²) in [5.74, 6) is -1.95. The molecule has 2 nitrogen and oxygen atoms in total. The van der Waals surface area contributed by atoms with Gasteiger partial charge in [-0.3, -0.25) is 4.98 Å². The summed E-state index contributed by atoms with van der Waals surface area (Å²) in [5, 5.41) is 8.96. The normalized spacial score (nSPS) is 10.0. The fourth-order valence-electron chi connectivity index (χ4n) is 1.37.